The van der Waals surface area contributed by atoms with Gasteiger partial charge in [0.2, 0.25) is 0 Å². The normalized spacial score (nSPS) is 11.8. The number of benzene rings is 5. The van der Waals surface area contributed by atoms with Gasteiger partial charge in [0.05, 0.1) is 0 Å². The van der Waals surface area contributed by atoms with Crippen molar-refractivity contribution in [1.29, 1.82) is 0 Å². The Bertz CT molecular complexity index is 1770. The highest BCUT2D eigenvalue weighted by molar-refractivity contribution is 6.10. The van der Waals surface area contributed by atoms with E-state index in [0.29, 0.717) is 0 Å². The lowest BCUT2D eigenvalue weighted by Crippen LogP contribution is -1.78. The third-order valence-corrected chi connectivity index (χ3v) is 6.42. The summed E-state index contributed by atoms with van der Waals surface area (Å²) < 4.78 is 6.10. The van der Waals surface area contributed by atoms with Crippen LogP contribution >= 0.6 is 0 Å². The van der Waals surface area contributed by atoms with E-state index < -0.39 is 0 Å². The lowest BCUT2D eigenvalue weighted by atomic mass is 10.0. The molecule has 1 N–H and O–H groups in total. The zero-order chi connectivity index (χ0) is 21.1. The molecule has 7 aromatic rings. The number of fused-ring (bicyclic) bond motifs is 6. The van der Waals surface area contributed by atoms with Gasteiger partial charge in [0.1, 0.15) is 11.2 Å². The molecule has 0 aliphatic carbocycles. The standard InChI is InChI=1S/C30H19NO/c1-2-6-19(7-3-1)20-10-13-23-24-14-11-21(17-28(24)31-27(23)16-20)22-12-15-26-25-8-4-5-9-29(25)32-30(26)18-22/h1-18,31H. The van der Waals surface area contributed by atoms with Crippen LogP contribution in [0.1, 0.15) is 0 Å². The van der Waals surface area contributed by atoms with Crippen molar-refractivity contribution in [1.82, 2.24) is 4.98 Å². The fraction of sp³-hybridized carbons (Fsp3) is 0. The summed E-state index contributed by atoms with van der Waals surface area (Å²) in [5.41, 5.74) is 8.94. The Hall–Kier alpha value is -4.30. The molecule has 2 heteroatoms. The molecular weight excluding hydrogens is 390 g/mol. The minimum Gasteiger partial charge on any atom is -0.456 e. The van der Waals surface area contributed by atoms with Crippen molar-refractivity contribution in [3.05, 3.63) is 109 Å². The maximum absolute atomic E-state index is 6.10. The molecule has 0 amide bonds. The average molecular weight is 409 g/mol. The molecule has 7 rings (SSSR count). The molecular formula is C30H19NO. The first-order valence-electron chi connectivity index (χ1n) is 10.9. The zero-order valence-electron chi connectivity index (χ0n) is 17.3. The van der Waals surface area contributed by atoms with Crippen LogP contribution < -0.4 is 0 Å². The second kappa shape index (κ2) is 6.60. The van der Waals surface area contributed by atoms with Gasteiger partial charge in [-0.15, -0.1) is 0 Å². The van der Waals surface area contributed by atoms with E-state index in [1.165, 1.54) is 27.5 Å². The van der Waals surface area contributed by atoms with Crippen molar-refractivity contribution >= 4 is 43.7 Å². The van der Waals surface area contributed by atoms with Crippen LogP contribution in [0.2, 0.25) is 0 Å². The van der Waals surface area contributed by atoms with E-state index in [1.807, 2.05) is 12.1 Å². The van der Waals surface area contributed by atoms with Gasteiger partial charge < -0.3 is 9.40 Å². The number of hydrogen-bond donors (Lipinski definition) is 1. The molecule has 0 aliphatic heterocycles. The van der Waals surface area contributed by atoms with Gasteiger partial charge in [-0.3, -0.25) is 0 Å². The molecule has 150 valence electrons. The van der Waals surface area contributed by atoms with E-state index >= 15 is 0 Å². The number of furan rings is 1. The Morgan fingerprint density at radius 1 is 0.406 bits per heavy atom. The lowest BCUT2D eigenvalue weighted by molar-refractivity contribution is 0.669. The van der Waals surface area contributed by atoms with Crippen molar-refractivity contribution in [2.45, 2.75) is 0 Å². The van der Waals surface area contributed by atoms with Crippen molar-refractivity contribution < 1.29 is 4.42 Å². The van der Waals surface area contributed by atoms with Gasteiger partial charge in [0.25, 0.3) is 0 Å². The van der Waals surface area contributed by atoms with E-state index in [2.05, 4.69) is 102 Å². The number of rotatable bonds is 2. The van der Waals surface area contributed by atoms with E-state index in [-0.39, 0.29) is 0 Å². The zero-order valence-corrected chi connectivity index (χ0v) is 17.3. The predicted molar refractivity (Wildman–Crippen MR) is 134 cm³/mol. The van der Waals surface area contributed by atoms with Crippen LogP contribution in [0.5, 0.6) is 0 Å². The summed E-state index contributed by atoms with van der Waals surface area (Å²) >= 11 is 0. The molecule has 2 nitrogen and oxygen atoms in total. The van der Waals surface area contributed by atoms with Crippen molar-refractivity contribution in [2.75, 3.05) is 0 Å². The summed E-state index contributed by atoms with van der Waals surface area (Å²) in [5.74, 6) is 0. The molecule has 0 saturated heterocycles. The van der Waals surface area contributed by atoms with Gasteiger partial charge in [-0.1, -0.05) is 78.9 Å². The highest BCUT2D eigenvalue weighted by Crippen LogP contribution is 2.35. The van der Waals surface area contributed by atoms with Crippen LogP contribution in [0.4, 0.5) is 0 Å². The van der Waals surface area contributed by atoms with Gasteiger partial charge in [-0.05, 0) is 52.6 Å². The molecule has 0 bridgehead atoms. The van der Waals surface area contributed by atoms with Gasteiger partial charge in [-0.2, -0.15) is 0 Å². The van der Waals surface area contributed by atoms with Gasteiger partial charge in [0, 0.05) is 32.6 Å². The van der Waals surface area contributed by atoms with Crippen LogP contribution in [0.15, 0.2) is 114 Å². The number of hydrogen-bond acceptors (Lipinski definition) is 1. The van der Waals surface area contributed by atoms with Gasteiger partial charge >= 0.3 is 0 Å². The Labute approximate surface area is 184 Å². The quantitative estimate of drug-likeness (QED) is 0.304. The molecule has 0 aliphatic rings. The SMILES string of the molecule is c1ccc(-c2ccc3c(c2)[nH]c2cc(-c4ccc5c(c4)oc4ccccc45)ccc23)cc1. The van der Waals surface area contributed by atoms with Crippen LogP contribution in [-0.4, -0.2) is 4.98 Å². The molecule has 0 unspecified atom stereocenters. The molecule has 0 fully saturated rings. The summed E-state index contributed by atoms with van der Waals surface area (Å²) in [5, 5.41) is 4.81. The van der Waals surface area contributed by atoms with E-state index in [9.17, 15) is 0 Å². The fourth-order valence-electron chi connectivity index (χ4n) is 4.81. The number of aromatic amines is 1. The molecule has 2 heterocycles. The number of nitrogens with one attached hydrogen (secondary N) is 1. The molecule has 0 radical (unpaired) electrons. The Kier molecular flexibility index (Phi) is 3.58. The van der Waals surface area contributed by atoms with Gasteiger partial charge in [0.15, 0.2) is 0 Å². The smallest absolute Gasteiger partial charge is 0.136 e. The summed E-state index contributed by atoms with van der Waals surface area (Å²) in [4.78, 5) is 3.63. The highest BCUT2D eigenvalue weighted by atomic mass is 16.3. The topological polar surface area (TPSA) is 28.9 Å². The fourth-order valence-corrected chi connectivity index (χ4v) is 4.81. The first kappa shape index (κ1) is 17.4. The lowest BCUT2D eigenvalue weighted by Gasteiger charge is -2.02. The maximum Gasteiger partial charge on any atom is 0.136 e. The van der Waals surface area contributed by atoms with E-state index in [1.54, 1.807) is 0 Å². The van der Waals surface area contributed by atoms with Gasteiger partial charge in [-0.25, -0.2) is 0 Å². The van der Waals surface area contributed by atoms with Crippen LogP contribution in [0.3, 0.4) is 0 Å². The third kappa shape index (κ3) is 2.60. The third-order valence-electron chi connectivity index (χ3n) is 6.42. The summed E-state index contributed by atoms with van der Waals surface area (Å²) in [6.07, 6.45) is 0. The Morgan fingerprint density at radius 2 is 0.969 bits per heavy atom. The first-order chi connectivity index (χ1) is 15.8. The van der Waals surface area contributed by atoms with Crippen molar-refractivity contribution in [3.8, 4) is 22.3 Å². The van der Waals surface area contributed by atoms with Crippen LogP contribution in [0.25, 0.3) is 66.0 Å². The van der Waals surface area contributed by atoms with E-state index in [4.69, 9.17) is 4.42 Å². The van der Waals surface area contributed by atoms with Crippen molar-refractivity contribution in [3.63, 3.8) is 0 Å². The Balaban J connectivity index is 1.36. The average Bonchev–Trinajstić information content (AvgIpc) is 3.41. The molecule has 2 aromatic heterocycles. The number of para-hydroxylation sites is 1. The molecule has 5 aromatic carbocycles. The van der Waals surface area contributed by atoms with Crippen molar-refractivity contribution in [2.24, 2.45) is 0 Å². The monoisotopic (exact) mass is 409 g/mol. The molecule has 0 atom stereocenters. The predicted octanol–water partition coefficient (Wildman–Crippen LogP) is 8.55. The minimum atomic E-state index is 0.924. The minimum absolute atomic E-state index is 0.924. The number of H-pyrrole nitrogens is 1. The van der Waals surface area contributed by atoms with Crippen LogP contribution in [-0.2, 0) is 0 Å². The molecule has 0 saturated carbocycles. The second-order valence-electron chi connectivity index (χ2n) is 8.32. The largest absolute Gasteiger partial charge is 0.456 e. The molecule has 0 spiro atoms. The number of aromatic nitrogens is 1. The highest BCUT2D eigenvalue weighted by Gasteiger charge is 2.10. The van der Waals surface area contributed by atoms with Crippen LogP contribution in [0, 0.1) is 0 Å². The second-order valence-corrected chi connectivity index (χ2v) is 8.32. The summed E-state index contributed by atoms with van der Waals surface area (Å²) in [6.45, 7) is 0. The summed E-state index contributed by atoms with van der Waals surface area (Å²) in [6, 6.07) is 38.5. The molecule has 32 heavy (non-hydrogen) atoms. The maximum atomic E-state index is 6.10. The van der Waals surface area contributed by atoms with E-state index in [0.717, 1.165) is 38.5 Å². The Morgan fingerprint density at radius 3 is 1.72 bits per heavy atom. The first-order valence-corrected chi connectivity index (χ1v) is 10.9. The summed E-state index contributed by atoms with van der Waals surface area (Å²) in [7, 11) is 0.